The highest BCUT2D eigenvalue weighted by atomic mass is 35.5. The highest BCUT2D eigenvalue weighted by molar-refractivity contribution is 7.09. The molecule has 0 radical (unpaired) electrons. The van der Waals surface area contributed by atoms with E-state index in [9.17, 15) is 0 Å². The van der Waals surface area contributed by atoms with Crippen molar-refractivity contribution in [1.82, 2.24) is 10.2 Å². The van der Waals surface area contributed by atoms with Crippen LogP contribution in [0.2, 0.25) is 5.02 Å². The van der Waals surface area contributed by atoms with E-state index in [1.807, 2.05) is 12.1 Å². The number of likely N-dealkylation sites (tertiary alicyclic amines) is 1. The average molecular weight is 391 g/mol. The number of hydrogen-bond donors (Lipinski definition) is 2. The van der Waals surface area contributed by atoms with E-state index < -0.39 is 0 Å². The van der Waals surface area contributed by atoms with Gasteiger partial charge in [-0.1, -0.05) is 35.9 Å². The lowest BCUT2D eigenvalue weighted by Gasteiger charge is -2.31. The van der Waals surface area contributed by atoms with Crippen molar-refractivity contribution in [3.8, 4) is 0 Å². The first-order chi connectivity index (χ1) is 12.7. The summed E-state index contributed by atoms with van der Waals surface area (Å²) in [6.45, 7) is 4.78. The number of nitrogens with zero attached hydrogens (tertiary/aromatic N) is 2. The third-order valence-corrected chi connectivity index (χ3v) is 6.14. The van der Waals surface area contributed by atoms with Crippen LogP contribution < -0.4 is 11.1 Å². The van der Waals surface area contributed by atoms with E-state index >= 15 is 0 Å². The van der Waals surface area contributed by atoms with E-state index in [1.54, 1.807) is 11.3 Å². The van der Waals surface area contributed by atoms with Gasteiger partial charge in [-0.05, 0) is 61.3 Å². The molecule has 0 atom stereocenters. The molecule has 1 aliphatic rings. The van der Waals surface area contributed by atoms with E-state index in [4.69, 9.17) is 17.3 Å². The Balaban J connectivity index is 1.35. The summed E-state index contributed by atoms with van der Waals surface area (Å²) in [7, 11) is 0. The second-order valence-electron chi connectivity index (χ2n) is 6.79. The first kappa shape index (κ1) is 19.2. The van der Waals surface area contributed by atoms with Crippen molar-refractivity contribution in [1.29, 1.82) is 0 Å². The molecule has 1 aliphatic heterocycles. The zero-order valence-electron chi connectivity index (χ0n) is 15.0. The summed E-state index contributed by atoms with van der Waals surface area (Å²) in [5, 5.41) is 6.18. The van der Waals surface area contributed by atoms with Crippen molar-refractivity contribution in [2.45, 2.75) is 25.8 Å². The molecule has 1 saturated heterocycles. The van der Waals surface area contributed by atoms with Gasteiger partial charge in [0.25, 0.3) is 0 Å². The first-order valence-corrected chi connectivity index (χ1v) is 10.5. The second-order valence-corrected chi connectivity index (χ2v) is 8.23. The Hall–Kier alpha value is -1.56. The largest absolute Gasteiger partial charge is 0.370 e. The van der Waals surface area contributed by atoms with Gasteiger partial charge in [-0.25, -0.2) is 0 Å². The Morgan fingerprint density at radius 2 is 2.04 bits per heavy atom. The van der Waals surface area contributed by atoms with Crippen LogP contribution in [-0.2, 0) is 13.0 Å². The summed E-state index contributed by atoms with van der Waals surface area (Å²) in [5.74, 6) is 1.19. The molecule has 3 rings (SSSR count). The van der Waals surface area contributed by atoms with E-state index in [-0.39, 0.29) is 0 Å². The van der Waals surface area contributed by atoms with Gasteiger partial charge in [0.1, 0.15) is 0 Å². The van der Waals surface area contributed by atoms with Crippen LogP contribution in [0.25, 0.3) is 0 Å². The van der Waals surface area contributed by atoms with E-state index in [1.165, 1.54) is 10.4 Å². The fourth-order valence-corrected chi connectivity index (χ4v) is 4.15. The lowest BCUT2D eigenvalue weighted by molar-refractivity contribution is 0.180. The van der Waals surface area contributed by atoms with E-state index in [0.717, 1.165) is 57.0 Å². The maximum absolute atomic E-state index is 6.27. The molecule has 4 nitrogen and oxygen atoms in total. The van der Waals surface area contributed by atoms with Gasteiger partial charge in [-0.3, -0.25) is 9.89 Å². The second kappa shape index (κ2) is 9.95. The predicted molar refractivity (Wildman–Crippen MR) is 112 cm³/mol. The van der Waals surface area contributed by atoms with Crippen molar-refractivity contribution in [3.63, 3.8) is 0 Å². The molecule has 3 N–H and O–H groups in total. The number of guanidine groups is 1. The molecule has 1 aromatic heterocycles. The molecule has 0 aliphatic carbocycles. The fourth-order valence-electron chi connectivity index (χ4n) is 3.25. The predicted octanol–water partition coefficient (Wildman–Crippen LogP) is 3.76. The number of piperidine rings is 1. The first-order valence-electron chi connectivity index (χ1n) is 9.22. The van der Waals surface area contributed by atoms with Gasteiger partial charge < -0.3 is 11.1 Å². The number of hydrogen-bond acceptors (Lipinski definition) is 3. The van der Waals surface area contributed by atoms with Crippen LogP contribution in [-0.4, -0.2) is 37.0 Å². The van der Waals surface area contributed by atoms with Crippen LogP contribution >= 0.6 is 22.9 Å². The van der Waals surface area contributed by atoms with Crippen LogP contribution in [0.5, 0.6) is 0 Å². The smallest absolute Gasteiger partial charge is 0.188 e. The van der Waals surface area contributed by atoms with E-state index in [2.05, 4.69) is 44.9 Å². The molecule has 0 unspecified atom stereocenters. The lowest BCUT2D eigenvalue weighted by Crippen LogP contribution is -2.36. The maximum Gasteiger partial charge on any atom is 0.188 e. The Labute approximate surface area is 165 Å². The van der Waals surface area contributed by atoms with Crippen LogP contribution in [0.4, 0.5) is 0 Å². The Morgan fingerprint density at radius 3 is 2.77 bits per heavy atom. The number of nitrogens with one attached hydrogen (secondary N) is 1. The summed E-state index contributed by atoms with van der Waals surface area (Å²) >= 11 is 8.04. The number of thiophene rings is 1. The third kappa shape index (κ3) is 6.01. The van der Waals surface area contributed by atoms with Crippen LogP contribution in [0.1, 0.15) is 23.3 Å². The van der Waals surface area contributed by atoms with Crippen molar-refractivity contribution in [2.75, 3.05) is 26.2 Å². The zero-order chi connectivity index (χ0) is 18.2. The number of halogens is 1. The summed E-state index contributed by atoms with van der Waals surface area (Å²) in [6, 6.07) is 12.3. The molecule has 0 saturated carbocycles. The minimum Gasteiger partial charge on any atom is -0.370 e. The van der Waals surface area contributed by atoms with Crippen LogP contribution in [0.15, 0.2) is 46.8 Å². The minimum absolute atomic E-state index is 0.569. The molecule has 6 heteroatoms. The quantitative estimate of drug-likeness (QED) is 0.559. The number of nitrogens with two attached hydrogens (primary N) is 1. The topological polar surface area (TPSA) is 53.6 Å². The van der Waals surface area contributed by atoms with Gasteiger partial charge in [-0.15, -0.1) is 11.3 Å². The average Bonchev–Trinajstić information content (AvgIpc) is 3.16. The number of aliphatic imine (C=N–C) groups is 1. The summed E-state index contributed by atoms with van der Waals surface area (Å²) in [4.78, 5) is 8.38. The normalized spacial score (nSPS) is 16.7. The molecule has 2 aromatic rings. The Bertz CT molecular complexity index is 694. The van der Waals surface area contributed by atoms with Crippen molar-refractivity contribution >= 4 is 28.9 Å². The Morgan fingerprint density at radius 1 is 1.23 bits per heavy atom. The van der Waals surface area contributed by atoms with Gasteiger partial charge >= 0.3 is 0 Å². The fraction of sp³-hybridized carbons (Fsp3) is 0.450. The SMILES string of the molecule is NC(=NCC1CCN(Cc2ccccc2Cl)CC1)NCCc1cccs1. The monoisotopic (exact) mass is 390 g/mol. The highest BCUT2D eigenvalue weighted by Gasteiger charge is 2.19. The zero-order valence-corrected chi connectivity index (χ0v) is 16.6. The summed E-state index contributed by atoms with van der Waals surface area (Å²) in [5.41, 5.74) is 7.21. The molecule has 140 valence electrons. The van der Waals surface area contributed by atoms with Crippen LogP contribution in [0, 0.1) is 5.92 Å². The summed E-state index contributed by atoms with van der Waals surface area (Å²) < 4.78 is 0. The van der Waals surface area contributed by atoms with Crippen molar-refractivity contribution in [2.24, 2.45) is 16.6 Å². The number of benzene rings is 1. The molecule has 0 amide bonds. The van der Waals surface area contributed by atoms with Gasteiger partial charge in [0.15, 0.2) is 5.96 Å². The van der Waals surface area contributed by atoms with Crippen LogP contribution in [0.3, 0.4) is 0 Å². The van der Waals surface area contributed by atoms with Gasteiger partial charge in [0, 0.05) is 29.5 Å². The highest BCUT2D eigenvalue weighted by Crippen LogP contribution is 2.22. The van der Waals surface area contributed by atoms with Gasteiger partial charge in [-0.2, -0.15) is 0 Å². The molecular weight excluding hydrogens is 364 g/mol. The lowest BCUT2D eigenvalue weighted by atomic mass is 9.96. The third-order valence-electron chi connectivity index (χ3n) is 4.84. The molecule has 0 bridgehead atoms. The molecule has 1 aromatic carbocycles. The molecule has 1 fully saturated rings. The molecule has 2 heterocycles. The van der Waals surface area contributed by atoms with Crippen molar-refractivity contribution in [3.05, 3.63) is 57.2 Å². The van der Waals surface area contributed by atoms with Gasteiger partial charge in [0.05, 0.1) is 0 Å². The maximum atomic E-state index is 6.27. The standard InChI is InChI=1S/C20H27ClN4S/c21-19-6-2-1-4-17(19)15-25-11-8-16(9-12-25)14-24-20(22)23-10-7-18-5-3-13-26-18/h1-6,13,16H,7-12,14-15H2,(H3,22,23,24). The molecule has 26 heavy (non-hydrogen) atoms. The minimum atomic E-state index is 0.569. The molecule has 0 spiro atoms. The summed E-state index contributed by atoms with van der Waals surface area (Å²) in [6.07, 6.45) is 3.32. The van der Waals surface area contributed by atoms with E-state index in [0.29, 0.717) is 11.9 Å². The number of rotatable bonds is 7. The van der Waals surface area contributed by atoms with Gasteiger partial charge in [0.2, 0.25) is 0 Å². The molecular formula is C20H27ClN4S. The van der Waals surface area contributed by atoms with Crippen molar-refractivity contribution < 1.29 is 0 Å². The Kier molecular flexibility index (Phi) is 7.35.